The van der Waals surface area contributed by atoms with Gasteiger partial charge in [-0.2, -0.15) is 0 Å². The van der Waals surface area contributed by atoms with Gasteiger partial charge in [-0.1, -0.05) is 22.0 Å². The first-order chi connectivity index (χ1) is 8.58. The molecule has 0 unspecified atom stereocenters. The van der Waals surface area contributed by atoms with Crippen LogP contribution in [0.3, 0.4) is 0 Å². The summed E-state index contributed by atoms with van der Waals surface area (Å²) >= 11 is 3.34. The van der Waals surface area contributed by atoms with E-state index in [2.05, 4.69) is 15.9 Å². The van der Waals surface area contributed by atoms with Gasteiger partial charge in [-0.3, -0.25) is 4.79 Å². The van der Waals surface area contributed by atoms with Crippen LogP contribution in [-0.4, -0.2) is 23.7 Å². The molecule has 0 saturated carbocycles. The van der Waals surface area contributed by atoms with Gasteiger partial charge in [0.1, 0.15) is 0 Å². The molecule has 0 heterocycles. The fourth-order valence-electron chi connectivity index (χ4n) is 1.57. The van der Waals surface area contributed by atoms with Gasteiger partial charge in [-0.05, 0) is 36.6 Å². The topological polar surface area (TPSA) is 63.6 Å². The second-order valence-electron chi connectivity index (χ2n) is 3.73. The number of esters is 1. The molecule has 18 heavy (non-hydrogen) atoms. The van der Waals surface area contributed by atoms with Crippen LogP contribution in [-0.2, 0) is 21.3 Å². The Kier molecular flexibility index (Phi) is 5.85. The quantitative estimate of drug-likeness (QED) is 0.648. The Labute approximate surface area is 114 Å². The second kappa shape index (κ2) is 7.16. The molecule has 0 fully saturated rings. The number of rotatable bonds is 6. The van der Waals surface area contributed by atoms with Gasteiger partial charge in [-0.25, -0.2) is 4.79 Å². The lowest BCUT2D eigenvalue weighted by Crippen LogP contribution is -2.07. The molecule has 4 nitrogen and oxygen atoms in total. The zero-order valence-electron chi connectivity index (χ0n) is 10.1. The van der Waals surface area contributed by atoms with Crippen molar-refractivity contribution < 1.29 is 19.4 Å². The Morgan fingerprint density at radius 3 is 2.61 bits per heavy atom. The standard InChI is InChI=1S/C13H15BrO4/c1-2-18-13(17)10-3-4-11(8-14)9(7-10)5-6-12(15)16/h3-4,7H,2,5-6,8H2,1H3,(H,15,16). The van der Waals surface area contributed by atoms with E-state index >= 15 is 0 Å². The van der Waals surface area contributed by atoms with Gasteiger partial charge in [-0.15, -0.1) is 0 Å². The molecule has 0 aliphatic heterocycles. The van der Waals surface area contributed by atoms with Gasteiger partial charge in [0, 0.05) is 11.8 Å². The summed E-state index contributed by atoms with van der Waals surface area (Å²) < 4.78 is 4.92. The van der Waals surface area contributed by atoms with E-state index in [1.807, 2.05) is 6.07 Å². The Morgan fingerprint density at radius 1 is 1.33 bits per heavy atom. The highest BCUT2D eigenvalue weighted by Crippen LogP contribution is 2.18. The number of aryl methyl sites for hydroxylation is 1. The van der Waals surface area contributed by atoms with Gasteiger partial charge >= 0.3 is 11.9 Å². The van der Waals surface area contributed by atoms with E-state index < -0.39 is 5.97 Å². The largest absolute Gasteiger partial charge is 0.481 e. The fraction of sp³-hybridized carbons (Fsp3) is 0.385. The average molecular weight is 315 g/mol. The number of carboxylic acid groups (broad SMARTS) is 1. The summed E-state index contributed by atoms with van der Waals surface area (Å²) in [6.45, 7) is 2.07. The van der Waals surface area contributed by atoms with Crippen molar-refractivity contribution in [1.82, 2.24) is 0 Å². The van der Waals surface area contributed by atoms with Crippen molar-refractivity contribution in [3.8, 4) is 0 Å². The van der Waals surface area contributed by atoms with Crippen LogP contribution in [0.25, 0.3) is 0 Å². The smallest absolute Gasteiger partial charge is 0.338 e. The Bertz CT molecular complexity index is 443. The van der Waals surface area contributed by atoms with E-state index in [1.165, 1.54) is 0 Å². The van der Waals surface area contributed by atoms with E-state index in [0.717, 1.165) is 11.1 Å². The van der Waals surface area contributed by atoms with Crippen LogP contribution in [0.2, 0.25) is 0 Å². The highest BCUT2D eigenvalue weighted by atomic mass is 79.9. The Balaban J connectivity index is 2.93. The molecular weight excluding hydrogens is 300 g/mol. The van der Waals surface area contributed by atoms with E-state index in [4.69, 9.17) is 9.84 Å². The molecule has 0 spiro atoms. The van der Waals surface area contributed by atoms with Gasteiger partial charge in [0.2, 0.25) is 0 Å². The molecule has 1 aromatic rings. The third kappa shape index (κ3) is 4.14. The number of aliphatic carboxylic acids is 1. The van der Waals surface area contributed by atoms with Gasteiger partial charge in [0.05, 0.1) is 12.2 Å². The minimum Gasteiger partial charge on any atom is -0.481 e. The van der Waals surface area contributed by atoms with Crippen LogP contribution >= 0.6 is 15.9 Å². The molecule has 0 aliphatic carbocycles. The first-order valence-corrected chi connectivity index (χ1v) is 6.77. The SMILES string of the molecule is CCOC(=O)c1ccc(CBr)c(CCC(=O)O)c1. The van der Waals surface area contributed by atoms with Crippen molar-refractivity contribution in [1.29, 1.82) is 0 Å². The lowest BCUT2D eigenvalue weighted by atomic mass is 10.0. The van der Waals surface area contributed by atoms with E-state index in [0.29, 0.717) is 23.9 Å². The summed E-state index contributed by atoms with van der Waals surface area (Å²) in [6.07, 6.45) is 0.454. The molecule has 0 aromatic heterocycles. The predicted octanol–water partition coefficient (Wildman–Crippen LogP) is 2.78. The number of alkyl halides is 1. The minimum absolute atomic E-state index is 0.0479. The van der Waals surface area contributed by atoms with E-state index in [1.54, 1.807) is 19.1 Å². The number of carbonyl (C=O) groups is 2. The lowest BCUT2D eigenvalue weighted by molar-refractivity contribution is -0.136. The lowest BCUT2D eigenvalue weighted by Gasteiger charge is -2.09. The van der Waals surface area contributed by atoms with Gasteiger partial charge in [0.25, 0.3) is 0 Å². The number of ether oxygens (including phenoxy) is 1. The Hall–Kier alpha value is -1.36. The molecule has 0 radical (unpaired) electrons. The molecule has 5 heteroatoms. The van der Waals surface area contributed by atoms with Crippen molar-refractivity contribution in [2.24, 2.45) is 0 Å². The van der Waals surface area contributed by atoms with Crippen molar-refractivity contribution in [2.75, 3.05) is 6.61 Å². The average Bonchev–Trinajstić information content (AvgIpc) is 2.36. The third-order valence-corrected chi connectivity index (χ3v) is 3.07. The monoisotopic (exact) mass is 314 g/mol. The highest BCUT2D eigenvalue weighted by Gasteiger charge is 2.11. The first-order valence-electron chi connectivity index (χ1n) is 5.65. The van der Waals surface area contributed by atoms with E-state index in [9.17, 15) is 9.59 Å². The van der Waals surface area contributed by atoms with Crippen LogP contribution in [0, 0.1) is 0 Å². The zero-order valence-corrected chi connectivity index (χ0v) is 11.7. The van der Waals surface area contributed by atoms with E-state index in [-0.39, 0.29) is 12.4 Å². The third-order valence-electron chi connectivity index (χ3n) is 2.47. The number of hydrogen-bond donors (Lipinski definition) is 1. The first kappa shape index (κ1) is 14.7. The maximum atomic E-state index is 11.6. The van der Waals surface area contributed by atoms with Crippen LogP contribution in [0.15, 0.2) is 18.2 Å². The molecule has 0 bridgehead atoms. The van der Waals surface area contributed by atoms with Crippen molar-refractivity contribution in [2.45, 2.75) is 25.1 Å². The molecule has 1 N–H and O–H groups in total. The van der Waals surface area contributed by atoms with Crippen LogP contribution in [0.4, 0.5) is 0 Å². The summed E-state index contributed by atoms with van der Waals surface area (Å²) in [7, 11) is 0. The maximum Gasteiger partial charge on any atom is 0.338 e. The van der Waals surface area contributed by atoms with Crippen LogP contribution < -0.4 is 0 Å². The maximum absolute atomic E-state index is 11.6. The molecule has 1 rings (SSSR count). The summed E-state index contributed by atoms with van der Waals surface area (Å²) in [4.78, 5) is 22.2. The minimum atomic E-state index is -0.850. The zero-order chi connectivity index (χ0) is 13.5. The molecule has 1 aromatic carbocycles. The molecule has 0 atom stereocenters. The summed E-state index contributed by atoms with van der Waals surface area (Å²) in [6, 6.07) is 5.22. The number of benzene rings is 1. The normalized spacial score (nSPS) is 10.1. The number of carboxylic acids is 1. The predicted molar refractivity (Wildman–Crippen MR) is 71.0 cm³/mol. The Morgan fingerprint density at radius 2 is 2.06 bits per heavy atom. The fourth-order valence-corrected chi connectivity index (χ4v) is 2.12. The van der Waals surface area contributed by atoms with Crippen LogP contribution in [0.1, 0.15) is 34.8 Å². The summed E-state index contributed by atoms with van der Waals surface area (Å²) in [5.41, 5.74) is 2.31. The number of carbonyl (C=O) groups excluding carboxylic acids is 1. The summed E-state index contributed by atoms with van der Waals surface area (Å²) in [5, 5.41) is 9.33. The molecule has 0 saturated heterocycles. The van der Waals surface area contributed by atoms with Gasteiger partial charge in [0.15, 0.2) is 0 Å². The second-order valence-corrected chi connectivity index (χ2v) is 4.29. The highest BCUT2D eigenvalue weighted by molar-refractivity contribution is 9.08. The van der Waals surface area contributed by atoms with Gasteiger partial charge < -0.3 is 9.84 Å². The molecule has 0 aliphatic rings. The molecular formula is C13H15BrO4. The van der Waals surface area contributed by atoms with Crippen molar-refractivity contribution in [3.63, 3.8) is 0 Å². The number of hydrogen-bond acceptors (Lipinski definition) is 3. The summed E-state index contributed by atoms with van der Waals surface area (Å²) in [5.74, 6) is -1.23. The number of halogens is 1. The molecule has 0 amide bonds. The van der Waals surface area contributed by atoms with Crippen molar-refractivity contribution >= 4 is 27.9 Å². The van der Waals surface area contributed by atoms with Crippen LogP contribution in [0.5, 0.6) is 0 Å². The van der Waals surface area contributed by atoms with Crippen molar-refractivity contribution in [3.05, 3.63) is 34.9 Å². The molecule has 98 valence electrons.